The van der Waals surface area contributed by atoms with Crippen molar-refractivity contribution in [1.82, 2.24) is 14.1 Å². The maximum atomic E-state index is 12.9. The van der Waals surface area contributed by atoms with Crippen LogP contribution < -0.4 is 20.7 Å². The number of aromatic nitrogens is 3. The molecule has 8 nitrogen and oxygen atoms in total. The summed E-state index contributed by atoms with van der Waals surface area (Å²) in [4.78, 5) is 42.2. The number of methoxy groups -OCH3 is 2. The Morgan fingerprint density at radius 1 is 1.00 bits per heavy atom. The number of Topliss-reactive ketones (excluding diaryl/α,β-unsaturated/α-hetero) is 1. The number of hydrogen-bond donors (Lipinski definition) is 0. The smallest absolute Gasteiger partial charge is 0.332 e. The van der Waals surface area contributed by atoms with Crippen LogP contribution in [-0.2, 0) is 20.5 Å². The molecule has 1 aromatic carbocycles. The van der Waals surface area contributed by atoms with Crippen molar-refractivity contribution in [1.29, 1.82) is 0 Å². The van der Waals surface area contributed by atoms with Gasteiger partial charge in [-0.3, -0.25) is 18.7 Å². The van der Waals surface area contributed by atoms with Gasteiger partial charge in [-0.05, 0) is 35.6 Å². The summed E-state index contributed by atoms with van der Waals surface area (Å²) >= 11 is 0. The van der Waals surface area contributed by atoms with E-state index in [2.05, 4.69) is 4.98 Å². The standard InChI is InChI=1S/C21H21N3O5/c1-23-19-18(20(26)24(2)21(23)27)13-7-12(8-15(25)14(13)10-22-19)11-5-6-16(28-3)17(9-11)29-4/h5-6,9-10,12H,7-8H2,1-4H3. The van der Waals surface area contributed by atoms with Crippen molar-refractivity contribution in [3.05, 3.63) is 61.9 Å². The van der Waals surface area contributed by atoms with E-state index in [-0.39, 0.29) is 17.3 Å². The Labute approximate surface area is 166 Å². The number of nitrogens with zero attached hydrogens (tertiary/aromatic N) is 3. The SMILES string of the molecule is COc1ccc(C2CC(=O)c3cnc4c(c3C2)c(=O)n(C)c(=O)n4C)cc1OC. The molecule has 0 radical (unpaired) electrons. The zero-order chi connectivity index (χ0) is 20.9. The van der Waals surface area contributed by atoms with E-state index >= 15 is 0 Å². The summed E-state index contributed by atoms with van der Waals surface area (Å²) in [5.41, 5.74) is 1.42. The largest absolute Gasteiger partial charge is 0.493 e. The molecule has 1 unspecified atom stereocenters. The third kappa shape index (κ3) is 2.83. The number of ketones is 1. The van der Waals surface area contributed by atoms with Crippen molar-refractivity contribution in [2.75, 3.05) is 14.2 Å². The predicted molar refractivity (Wildman–Crippen MR) is 107 cm³/mol. The first-order valence-corrected chi connectivity index (χ1v) is 9.20. The maximum absolute atomic E-state index is 12.9. The Balaban J connectivity index is 1.91. The Kier molecular flexibility index (Phi) is 4.49. The van der Waals surface area contributed by atoms with E-state index in [1.165, 1.54) is 17.8 Å². The highest BCUT2D eigenvalue weighted by Crippen LogP contribution is 2.38. The van der Waals surface area contributed by atoms with Gasteiger partial charge in [0.15, 0.2) is 17.3 Å². The van der Waals surface area contributed by atoms with E-state index in [4.69, 9.17) is 9.47 Å². The fraction of sp³-hybridized carbons (Fsp3) is 0.333. The molecule has 2 aromatic heterocycles. The molecular weight excluding hydrogens is 374 g/mol. The first-order chi connectivity index (χ1) is 13.9. The number of hydrogen-bond acceptors (Lipinski definition) is 6. The first-order valence-electron chi connectivity index (χ1n) is 9.20. The molecule has 0 saturated heterocycles. The lowest BCUT2D eigenvalue weighted by Crippen LogP contribution is -2.38. The quantitative estimate of drug-likeness (QED) is 0.668. The molecule has 0 aliphatic heterocycles. The maximum Gasteiger partial charge on any atom is 0.332 e. The van der Waals surface area contributed by atoms with Crippen LogP contribution in [0.15, 0.2) is 34.0 Å². The van der Waals surface area contributed by atoms with Crippen molar-refractivity contribution in [3.8, 4) is 11.5 Å². The number of carbonyl (C=O) groups excluding carboxylic acids is 1. The number of rotatable bonds is 3. The number of fused-ring (bicyclic) bond motifs is 3. The Hall–Kier alpha value is -3.42. The van der Waals surface area contributed by atoms with E-state index in [0.29, 0.717) is 40.9 Å². The van der Waals surface area contributed by atoms with E-state index in [1.807, 2.05) is 18.2 Å². The highest BCUT2D eigenvalue weighted by atomic mass is 16.5. The molecule has 1 aliphatic rings. The third-order valence-corrected chi connectivity index (χ3v) is 5.64. The minimum atomic E-state index is -0.450. The average Bonchev–Trinajstić information content (AvgIpc) is 2.74. The van der Waals surface area contributed by atoms with Crippen LogP contribution >= 0.6 is 0 Å². The molecule has 1 atom stereocenters. The normalized spacial score (nSPS) is 16.0. The van der Waals surface area contributed by atoms with Crippen LogP contribution in [0.2, 0.25) is 0 Å². The minimum Gasteiger partial charge on any atom is -0.493 e. The molecule has 0 saturated carbocycles. The van der Waals surface area contributed by atoms with Crippen molar-refractivity contribution in [2.24, 2.45) is 14.1 Å². The van der Waals surface area contributed by atoms with Crippen LogP contribution in [0.3, 0.4) is 0 Å². The molecule has 3 aromatic rings. The lowest BCUT2D eigenvalue weighted by atomic mass is 9.79. The van der Waals surface area contributed by atoms with Crippen molar-refractivity contribution < 1.29 is 14.3 Å². The van der Waals surface area contributed by atoms with Gasteiger partial charge in [0.25, 0.3) is 5.56 Å². The summed E-state index contributed by atoms with van der Waals surface area (Å²) in [6, 6.07) is 5.57. The lowest BCUT2D eigenvalue weighted by molar-refractivity contribution is 0.0964. The number of aryl methyl sites for hydroxylation is 1. The summed E-state index contributed by atoms with van der Waals surface area (Å²) in [5, 5.41) is 0.325. The van der Waals surface area contributed by atoms with Gasteiger partial charge in [0.1, 0.15) is 5.65 Å². The predicted octanol–water partition coefficient (Wildman–Crippen LogP) is 1.56. The molecule has 0 bridgehead atoms. The van der Waals surface area contributed by atoms with Crippen LogP contribution in [0.4, 0.5) is 0 Å². The molecule has 4 rings (SSSR count). The van der Waals surface area contributed by atoms with E-state index in [9.17, 15) is 14.4 Å². The van der Waals surface area contributed by atoms with E-state index < -0.39 is 11.2 Å². The number of pyridine rings is 1. The summed E-state index contributed by atoms with van der Waals surface area (Å²) in [6.07, 6.45) is 2.27. The van der Waals surface area contributed by atoms with Gasteiger partial charge < -0.3 is 9.47 Å². The summed E-state index contributed by atoms with van der Waals surface area (Å²) in [5.74, 6) is 0.997. The monoisotopic (exact) mass is 395 g/mol. The molecule has 8 heteroatoms. The van der Waals surface area contributed by atoms with Gasteiger partial charge in [0, 0.05) is 32.3 Å². The van der Waals surface area contributed by atoms with Crippen molar-refractivity contribution in [3.63, 3.8) is 0 Å². The van der Waals surface area contributed by atoms with Crippen LogP contribution in [0.25, 0.3) is 11.0 Å². The van der Waals surface area contributed by atoms with E-state index in [0.717, 1.165) is 10.1 Å². The summed E-state index contributed by atoms with van der Waals surface area (Å²) < 4.78 is 13.1. The zero-order valence-electron chi connectivity index (χ0n) is 16.7. The van der Waals surface area contributed by atoms with Gasteiger partial charge in [-0.25, -0.2) is 9.78 Å². The van der Waals surface area contributed by atoms with Gasteiger partial charge in [0.2, 0.25) is 0 Å². The molecule has 1 aliphatic carbocycles. The van der Waals surface area contributed by atoms with Crippen LogP contribution in [0.5, 0.6) is 11.5 Å². The van der Waals surface area contributed by atoms with Gasteiger partial charge in [-0.1, -0.05) is 6.07 Å². The van der Waals surface area contributed by atoms with Crippen LogP contribution in [-0.4, -0.2) is 34.1 Å². The average molecular weight is 395 g/mol. The highest BCUT2D eigenvalue weighted by Gasteiger charge is 2.30. The zero-order valence-corrected chi connectivity index (χ0v) is 16.7. The number of carbonyl (C=O) groups is 1. The Bertz CT molecular complexity index is 1270. The molecule has 2 heterocycles. The molecule has 0 fully saturated rings. The lowest BCUT2D eigenvalue weighted by Gasteiger charge is -2.25. The third-order valence-electron chi connectivity index (χ3n) is 5.64. The minimum absolute atomic E-state index is 0.0728. The first kappa shape index (κ1) is 18.9. The number of benzene rings is 1. The topological polar surface area (TPSA) is 92.4 Å². The van der Waals surface area contributed by atoms with Crippen LogP contribution in [0, 0.1) is 0 Å². The number of ether oxygens (including phenoxy) is 2. The highest BCUT2D eigenvalue weighted by molar-refractivity contribution is 6.02. The molecule has 150 valence electrons. The summed E-state index contributed by atoms with van der Waals surface area (Å²) in [7, 11) is 6.13. The molecule has 29 heavy (non-hydrogen) atoms. The molecule has 0 spiro atoms. The van der Waals surface area contributed by atoms with Gasteiger partial charge in [-0.15, -0.1) is 0 Å². The second kappa shape index (κ2) is 6.88. The van der Waals surface area contributed by atoms with Crippen LogP contribution in [0.1, 0.15) is 33.8 Å². The fourth-order valence-electron chi connectivity index (χ4n) is 4.03. The summed E-state index contributed by atoms with van der Waals surface area (Å²) in [6.45, 7) is 0. The van der Waals surface area contributed by atoms with Gasteiger partial charge in [0.05, 0.1) is 19.6 Å². The Morgan fingerprint density at radius 3 is 2.41 bits per heavy atom. The molecular formula is C21H21N3O5. The van der Waals surface area contributed by atoms with E-state index in [1.54, 1.807) is 21.3 Å². The Morgan fingerprint density at radius 2 is 1.72 bits per heavy atom. The molecule has 0 N–H and O–H groups in total. The van der Waals surface area contributed by atoms with Crippen molar-refractivity contribution in [2.45, 2.75) is 18.8 Å². The van der Waals surface area contributed by atoms with Gasteiger partial charge in [-0.2, -0.15) is 0 Å². The fourth-order valence-corrected chi connectivity index (χ4v) is 4.03. The van der Waals surface area contributed by atoms with Gasteiger partial charge >= 0.3 is 5.69 Å². The second-order valence-electron chi connectivity index (χ2n) is 7.20. The van der Waals surface area contributed by atoms with Crippen molar-refractivity contribution >= 4 is 16.8 Å². The molecule has 0 amide bonds. The second-order valence-corrected chi connectivity index (χ2v) is 7.20.